The Balaban J connectivity index is 1.37. The Morgan fingerprint density at radius 1 is 1.16 bits per heavy atom. The van der Waals surface area contributed by atoms with E-state index in [-0.39, 0.29) is 16.6 Å². The molecule has 3 aromatic rings. The van der Waals surface area contributed by atoms with E-state index >= 15 is 0 Å². The number of amides is 1. The van der Waals surface area contributed by atoms with Crippen molar-refractivity contribution in [2.24, 2.45) is 0 Å². The summed E-state index contributed by atoms with van der Waals surface area (Å²) in [7, 11) is 0. The number of aromatic nitrogens is 3. The van der Waals surface area contributed by atoms with Gasteiger partial charge in [0.2, 0.25) is 0 Å². The van der Waals surface area contributed by atoms with E-state index in [0.29, 0.717) is 36.3 Å². The van der Waals surface area contributed by atoms with E-state index in [2.05, 4.69) is 20.8 Å². The van der Waals surface area contributed by atoms with Gasteiger partial charge in [-0.3, -0.25) is 9.80 Å². The Labute approximate surface area is 223 Å². The summed E-state index contributed by atoms with van der Waals surface area (Å²) >= 11 is 6.56. The second kappa shape index (κ2) is 9.18. The van der Waals surface area contributed by atoms with Crippen molar-refractivity contribution >= 4 is 17.5 Å². The fraction of sp³-hybridized carbons (Fsp3) is 0.250. The van der Waals surface area contributed by atoms with E-state index in [1.165, 1.54) is 6.07 Å². The van der Waals surface area contributed by atoms with E-state index in [4.69, 9.17) is 11.6 Å². The first-order valence-corrected chi connectivity index (χ1v) is 12.7. The van der Waals surface area contributed by atoms with Crippen LogP contribution in [-0.2, 0) is 5.54 Å². The molecule has 1 saturated carbocycles. The maximum absolute atomic E-state index is 14.4. The minimum absolute atomic E-state index is 0.0844. The van der Waals surface area contributed by atoms with Crippen LogP contribution in [0.1, 0.15) is 47.9 Å². The average Bonchev–Trinajstić information content (AvgIpc) is 3.48. The van der Waals surface area contributed by atoms with Crippen molar-refractivity contribution < 1.29 is 13.6 Å². The van der Waals surface area contributed by atoms with Gasteiger partial charge in [-0.25, -0.2) is 23.9 Å². The summed E-state index contributed by atoms with van der Waals surface area (Å²) in [5.41, 5.74) is 7.21. The van der Waals surface area contributed by atoms with Crippen LogP contribution in [0.4, 0.5) is 8.78 Å². The van der Waals surface area contributed by atoms with Gasteiger partial charge >= 0.3 is 0 Å². The zero-order valence-corrected chi connectivity index (χ0v) is 21.6. The normalized spacial score (nSPS) is 22.3. The molecule has 7 nitrogen and oxygen atoms in total. The number of aryl methyl sites for hydroxylation is 1. The summed E-state index contributed by atoms with van der Waals surface area (Å²) in [5.74, 6) is -1.68. The van der Waals surface area contributed by atoms with E-state index in [9.17, 15) is 13.6 Å². The number of carbonyl (C=O) groups excluding carboxylic acids is 1. The van der Waals surface area contributed by atoms with Crippen molar-refractivity contribution in [1.82, 2.24) is 30.5 Å². The maximum Gasteiger partial charge on any atom is 0.253 e. The second-order valence-electron chi connectivity index (χ2n) is 9.95. The molecule has 194 valence electrons. The molecule has 2 aromatic carbocycles. The third-order valence-electron chi connectivity index (χ3n) is 7.39. The molecule has 0 saturated heterocycles. The van der Waals surface area contributed by atoms with Crippen LogP contribution in [0.2, 0.25) is 5.02 Å². The highest BCUT2D eigenvalue weighted by Gasteiger charge is 2.45. The molecule has 1 amide bonds. The maximum atomic E-state index is 14.4. The number of hydrogen-bond donors (Lipinski definition) is 2. The molecule has 38 heavy (non-hydrogen) atoms. The third-order valence-corrected chi connectivity index (χ3v) is 7.70. The Kier molecular flexibility index (Phi) is 5.92. The van der Waals surface area contributed by atoms with Crippen molar-refractivity contribution in [3.63, 3.8) is 0 Å². The van der Waals surface area contributed by atoms with Gasteiger partial charge in [0.25, 0.3) is 5.91 Å². The fourth-order valence-corrected chi connectivity index (χ4v) is 5.72. The lowest BCUT2D eigenvalue weighted by Gasteiger charge is -2.41. The number of carbonyl (C=O) groups is 1. The van der Waals surface area contributed by atoms with Crippen LogP contribution in [0, 0.1) is 18.6 Å². The van der Waals surface area contributed by atoms with E-state index in [0.717, 1.165) is 22.9 Å². The number of benzene rings is 2. The molecular weight excluding hydrogens is 510 g/mol. The highest BCUT2D eigenvalue weighted by Crippen LogP contribution is 2.45. The molecule has 10 heteroatoms. The molecule has 3 aliphatic rings. The first kappa shape index (κ1) is 24.5. The molecule has 0 radical (unpaired) electrons. The van der Waals surface area contributed by atoms with Crippen LogP contribution in [-0.4, -0.2) is 31.7 Å². The Morgan fingerprint density at radius 2 is 2.00 bits per heavy atom. The predicted octanol–water partition coefficient (Wildman–Crippen LogP) is 5.23. The van der Waals surface area contributed by atoms with Crippen LogP contribution in [0.3, 0.4) is 0 Å². The number of hydrogen-bond acceptors (Lipinski definition) is 5. The quantitative estimate of drug-likeness (QED) is 0.479. The monoisotopic (exact) mass is 534 g/mol. The number of rotatable bonds is 4. The van der Waals surface area contributed by atoms with Gasteiger partial charge in [-0.1, -0.05) is 23.7 Å². The average molecular weight is 535 g/mol. The molecule has 2 N–H and O–H groups in total. The smallest absolute Gasteiger partial charge is 0.253 e. The van der Waals surface area contributed by atoms with Crippen LogP contribution in [0.5, 0.6) is 0 Å². The Hall–Kier alpha value is -3.82. The van der Waals surface area contributed by atoms with Gasteiger partial charge < -0.3 is 5.32 Å². The summed E-state index contributed by atoms with van der Waals surface area (Å²) in [4.78, 5) is 17.8. The molecule has 6 rings (SSSR count). The number of halogens is 3. The van der Waals surface area contributed by atoms with Crippen LogP contribution in [0.25, 0.3) is 5.69 Å². The fourth-order valence-electron chi connectivity index (χ4n) is 5.46. The molecule has 2 unspecified atom stereocenters. The molecule has 0 spiro atoms. The summed E-state index contributed by atoms with van der Waals surface area (Å²) in [5, 5.41) is 9.69. The Bertz CT molecular complexity index is 1560. The molecule has 0 bridgehead atoms. The first-order chi connectivity index (χ1) is 18.2. The molecule has 2 aliphatic heterocycles. The van der Waals surface area contributed by atoms with Crippen molar-refractivity contribution in [1.29, 1.82) is 0 Å². The first-order valence-electron chi connectivity index (χ1n) is 12.3. The van der Waals surface area contributed by atoms with Crippen molar-refractivity contribution in [3.8, 4) is 5.69 Å². The van der Waals surface area contributed by atoms with Crippen molar-refractivity contribution in [2.45, 2.75) is 44.7 Å². The predicted molar refractivity (Wildman–Crippen MR) is 139 cm³/mol. The number of nitrogens with zero attached hydrogens (tertiary/aromatic N) is 4. The lowest BCUT2D eigenvalue weighted by molar-refractivity contribution is 0.0875. The van der Waals surface area contributed by atoms with Gasteiger partial charge in [-0.05, 0) is 86.2 Å². The highest BCUT2D eigenvalue weighted by atomic mass is 35.5. The van der Waals surface area contributed by atoms with Crippen molar-refractivity contribution in [2.75, 3.05) is 0 Å². The molecule has 1 aliphatic carbocycles. The SMILES string of the molecule is CC1=CN2NC3CCC(NC(=O)c4ccc(-n5cnc(C)n5)cc4Cl)(c4ccc(F)c(F)c4)CC3=C2C=C1. The highest BCUT2D eigenvalue weighted by molar-refractivity contribution is 6.34. The van der Waals surface area contributed by atoms with Gasteiger partial charge in [0.1, 0.15) is 12.2 Å². The zero-order chi connectivity index (χ0) is 26.6. The van der Waals surface area contributed by atoms with E-state index in [1.54, 1.807) is 42.2 Å². The van der Waals surface area contributed by atoms with Gasteiger partial charge in [0.05, 0.1) is 33.6 Å². The van der Waals surface area contributed by atoms with Gasteiger partial charge in [-0.2, -0.15) is 5.10 Å². The summed E-state index contributed by atoms with van der Waals surface area (Å²) < 4.78 is 29.9. The van der Waals surface area contributed by atoms with E-state index in [1.807, 2.05) is 30.3 Å². The number of allylic oxidation sites excluding steroid dienone is 3. The number of hydrazine groups is 1. The molecule has 3 heterocycles. The third kappa shape index (κ3) is 4.21. The number of fused-ring (bicyclic) bond motifs is 2. The van der Waals surface area contributed by atoms with Gasteiger partial charge in [0.15, 0.2) is 11.6 Å². The largest absolute Gasteiger partial charge is 0.342 e. The minimum Gasteiger partial charge on any atom is -0.342 e. The Morgan fingerprint density at radius 3 is 2.74 bits per heavy atom. The minimum atomic E-state index is -0.961. The summed E-state index contributed by atoms with van der Waals surface area (Å²) in [6.45, 7) is 3.80. The van der Waals surface area contributed by atoms with Crippen molar-refractivity contribution in [3.05, 3.63) is 112 Å². The number of nitrogens with one attached hydrogen (secondary N) is 2. The summed E-state index contributed by atoms with van der Waals surface area (Å²) in [6.07, 6.45) is 9.31. The summed E-state index contributed by atoms with van der Waals surface area (Å²) in [6, 6.07) is 8.93. The van der Waals surface area contributed by atoms with Gasteiger partial charge in [-0.15, -0.1) is 0 Å². The molecule has 1 aromatic heterocycles. The van der Waals surface area contributed by atoms with Crippen LogP contribution < -0.4 is 10.7 Å². The molecular formula is C28H25ClF2N6O. The standard InChI is InChI=1S/C28H25ClF2N6O/c1-16-3-8-26-21-13-28(10-9-25(21)35-36(26)14-16,18-4-7-23(30)24(31)11-18)33-27(38)20-6-5-19(12-22(20)29)37-15-32-17(2)34-37/h3-8,11-12,14-15,25,35H,9-10,13H2,1-2H3,(H,33,38). The topological polar surface area (TPSA) is 75.1 Å². The molecule has 2 atom stereocenters. The zero-order valence-electron chi connectivity index (χ0n) is 20.8. The molecule has 1 fully saturated rings. The van der Waals surface area contributed by atoms with Crippen LogP contribution >= 0.6 is 11.6 Å². The van der Waals surface area contributed by atoms with Gasteiger partial charge in [0, 0.05) is 6.20 Å². The van der Waals surface area contributed by atoms with Crippen LogP contribution in [0.15, 0.2) is 77.9 Å². The second-order valence-corrected chi connectivity index (χ2v) is 10.4. The van der Waals surface area contributed by atoms with E-state index < -0.39 is 23.1 Å². The lowest BCUT2D eigenvalue weighted by atomic mass is 9.72. The lowest BCUT2D eigenvalue weighted by Crippen LogP contribution is -2.51.